The van der Waals surface area contributed by atoms with Crippen molar-refractivity contribution in [2.45, 2.75) is 19.8 Å². The molecule has 0 spiro atoms. The molecule has 3 rings (SSSR count). The van der Waals surface area contributed by atoms with Gasteiger partial charge in [-0.05, 0) is 51.4 Å². The number of hydrogen-bond donors (Lipinski definition) is 1. The Morgan fingerprint density at radius 2 is 2.20 bits per heavy atom. The molecule has 2 heterocycles. The molecule has 20 heavy (non-hydrogen) atoms. The SMILES string of the molecule is Cc1cc(NCC2CCCN(C)C2)c2ccccc2n1. The van der Waals surface area contributed by atoms with Crippen LogP contribution in [0.15, 0.2) is 30.3 Å². The van der Waals surface area contributed by atoms with E-state index >= 15 is 0 Å². The van der Waals surface area contributed by atoms with Gasteiger partial charge in [0.1, 0.15) is 0 Å². The number of likely N-dealkylation sites (tertiary alicyclic amines) is 1. The van der Waals surface area contributed by atoms with Crippen LogP contribution in [-0.4, -0.2) is 36.6 Å². The first kappa shape index (κ1) is 13.4. The van der Waals surface area contributed by atoms with E-state index in [4.69, 9.17) is 0 Å². The van der Waals surface area contributed by atoms with Gasteiger partial charge in [-0.3, -0.25) is 4.98 Å². The Morgan fingerprint density at radius 1 is 1.35 bits per heavy atom. The van der Waals surface area contributed by atoms with Crippen molar-refractivity contribution >= 4 is 16.6 Å². The summed E-state index contributed by atoms with van der Waals surface area (Å²) in [5.74, 6) is 0.751. The fourth-order valence-corrected chi connectivity index (χ4v) is 3.15. The van der Waals surface area contributed by atoms with Crippen LogP contribution in [0.4, 0.5) is 5.69 Å². The number of nitrogens with zero attached hydrogens (tertiary/aromatic N) is 2. The molecule has 1 aliphatic heterocycles. The van der Waals surface area contributed by atoms with Crippen LogP contribution in [0.1, 0.15) is 18.5 Å². The maximum atomic E-state index is 4.59. The van der Waals surface area contributed by atoms with Crippen LogP contribution < -0.4 is 5.32 Å². The normalized spacial score (nSPS) is 20.2. The summed E-state index contributed by atoms with van der Waals surface area (Å²) in [6.07, 6.45) is 2.65. The third kappa shape index (κ3) is 2.93. The van der Waals surface area contributed by atoms with E-state index in [1.165, 1.54) is 37.0 Å². The smallest absolute Gasteiger partial charge is 0.0725 e. The lowest BCUT2D eigenvalue weighted by atomic mass is 9.98. The number of aryl methyl sites for hydroxylation is 1. The first-order chi connectivity index (χ1) is 9.72. The minimum atomic E-state index is 0.751. The summed E-state index contributed by atoms with van der Waals surface area (Å²) < 4.78 is 0. The van der Waals surface area contributed by atoms with E-state index in [-0.39, 0.29) is 0 Å². The molecule has 106 valence electrons. The highest BCUT2D eigenvalue weighted by molar-refractivity contribution is 5.91. The number of aromatic nitrogens is 1. The molecule has 1 aliphatic rings. The third-order valence-electron chi connectivity index (χ3n) is 4.15. The molecule has 0 radical (unpaired) electrons. The molecule has 0 bridgehead atoms. The van der Waals surface area contributed by atoms with E-state index in [2.05, 4.69) is 59.5 Å². The standard InChI is InChI=1S/C17H23N3/c1-13-10-17(15-7-3-4-8-16(15)19-13)18-11-14-6-5-9-20(2)12-14/h3-4,7-8,10,14H,5-6,9,11-12H2,1-2H3,(H,18,19). The monoisotopic (exact) mass is 269 g/mol. The summed E-state index contributed by atoms with van der Waals surface area (Å²) in [5, 5.41) is 4.88. The lowest BCUT2D eigenvalue weighted by Crippen LogP contribution is -2.35. The Bertz CT molecular complexity index is 594. The Morgan fingerprint density at radius 3 is 3.05 bits per heavy atom. The summed E-state index contributed by atoms with van der Waals surface area (Å²) in [6.45, 7) is 5.56. The number of pyridine rings is 1. The van der Waals surface area contributed by atoms with Crippen LogP contribution in [0.5, 0.6) is 0 Å². The summed E-state index contributed by atoms with van der Waals surface area (Å²) in [7, 11) is 2.22. The Labute approximate surface area is 121 Å². The van der Waals surface area contributed by atoms with Gasteiger partial charge in [0.2, 0.25) is 0 Å². The van der Waals surface area contributed by atoms with Gasteiger partial charge in [-0.15, -0.1) is 0 Å². The average molecular weight is 269 g/mol. The highest BCUT2D eigenvalue weighted by atomic mass is 15.1. The van der Waals surface area contributed by atoms with Crippen LogP contribution in [0.25, 0.3) is 10.9 Å². The highest BCUT2D eigenvalue weighted by Crippen LogP contribution is 2.24. The summed E-state index contributed by atoms with van der Waals surface area (Å²) >= 11 is 0. The molecule has 1 aromatic heterocycles. The zero-order chi connectivity index (χ0) is 13.9. The molecule has 3 heteroatoms. The minimum absolute atomic E-state index is 0.751. The molecule has 1 aromatic carbocycles. The van der Waals surface area contributed by atoms with E-state index in [0.717, 1.165) is 23.7 Å². The molecule has 1 N–H and O–H groups in total. The van der Waals surface area contributed by atoms with Crippen LogP contribution in [-0.2, 0) is 0 Å². The van der Waals surface area contributed by atoms with Crippen molar-refractivity contribution in [3.05, 3.63) is 36.0 Å². The average Bonchev–Trinajstić information content (AvgIpc) is 2.44. The molecule has 3 nitrogen and oxygen atoms in total. The Kier molecular flexibility index (Phi) is 3.88. The number of para-hydroxylation sites is 1. The van der Waals surface area contributed by atoms with Gasteiger partial charge in [-0.2, -0.15) is 0 Å². The third-order valence-corrected chi connectivity index (χ3v) is 4.15. The topological polar surface area (TPSA) is 28.2 Å². The first-order valence-electron chi connectivity index (χ1n) is 7.51. The zero-order valence-corrected chi connectivity index (χ0v) is 12.4. The molecular weight excluding hydrogens is 246 g/mol. The van der Waals surface area contributed by atoms with Crippen molar-refractivity contribution in [2.75, 3.05) is 32.0 Å². The molecular formula is C17H23N3. The molecule has 1 saturated heterocycles. The number of anilines is 1. The largest absolute Gasteiger partial charge is 0.384 e. The van der Waals surface area contributed by atoms with E-state index in [9.17, 15) is 0 Å². The van der Waals surface area contributed by atoms with Gasteiger partial charge >= 0.3 is 0 Å². The van der Waals surface area contributed by atoms with Gasteiger partial charge in [-0.25, -0.2) is 0 Å². The first-order valence-corrected chi connectivity index (χ1v) is 7.51. The Hall–Kier alpha value is -1.61. The summed E-state index contributed by atoms with van der Waals surface area (Å²) in [6, 6.07) is 10.5. The molecule has 0 aliphatic carbocycles. The molecule has 1 atom stereocenters. The quantitative estimate of drug-likeness (QED) is 0.926. The van der Waals surface area contributed by atoms with Gasteiger partial charge < -0.3 is 10.2 Å². The molecule has 0 saturated carbocycles. The van der Waals surface area contributed by atoms with Crippen LogP contribution in [0, 0.1) is 12.8 Å². The number of nitrogens with one attached hydrogen (secondary N) is 1. The second-order valence-corrected chi connectivity index (χ2v) is 5.98. The highest BCUT2D eigenvalue weighted by Gasteiger charge is 2.17. The molecule has 0 amide bonds. The van der Waals surface area contributed by atoms with Crippen molar-refractivity contribution in [3.63, 3.8) is 0 Å². The number of rotatable bonds is 3. The van der Waals surface area contributed by atoms with Crippen LogP contribution in [0.2, 0.25) is 0 Å². The van der Waals surface area contributed by atoms with Gasteiger partial charge in [-0.1, -0.05) is 18.2 Å². The van der Waals surface area contributed by atoms with E-state index in [1.807, 2.05) is 0 Å². The van der Waals surface area contributed by atoms with Crippen molar-refractivity contribution < 1.29 is 0 Å². The number of piperidine rings is 1. The van der Waals surface area contributed by atoms with Crippen molar-refractivity contribution in [2.24, 2.45) is 5.92 Å². The van der Waals surface area contributed by atoms with Crippen LogP contribution in [0.3, 0.4) is 0 Å². The van der Waals surface area contributed by atoms with Gasteiger partial charge in [0.25, 0.3) is 0 Å². The predicted octanol–water partition coefficient (Wildman–Crippen LogP) is 3.30. The Balaban J connectivity index is 1.77. The number of benzene rings is 1. The predicted molar refractivity (Wildman–Crippen MR) is 85.2 cm³/mol. The van der Waals surface area contributed by atoms with Gasteiger partial charge in [0.05, 0.1) is 5.52 Å². The maximum Gasteiger partial charge on any atom is 0.0725 e. The zero-order valence-electron chi connectivity index (χ0n) is 12.4. The van der Waals surface area contributed by atoms with E-state index in [0.29, 0.717) is 0 Å². The van der Waals surface area contributed by atoms with Crippen molar-refractivity contribution in [3.8, 4) is 0 Å². The molecule has 1 fully saturated rings. The fraction of sp³-hybridized carbons (Fsp3) is 0.471. The number of fused-ring (bicyclic) bond motifs is 1. The molecule has 2 aromatic rings. The maximum absolute atomic E-state index is 4.59. The fourth-order valence-electron chi connectivity index (χ4n) is 3.15. The lowest BCUT2D eigenvalue weighted by Gasteiger charge is -2.30. The van der Waals surface area contributed by atoms with Crippen molar-refractivity contribution in [1.29, 1.82) is 0 Å². The van der Waals surface area contributed by atoms with E-state index < -0.39 is 0 Å². The van der Waals surface area contributed by atoms with E-state index in [1.54, 1.807) is 0 Å². The molecule has 1 unspecified atom stereocenters. The summed E-state index contributed by atoms with van der Waals surface area (Å²) in [5.41, 5.74) is 3.38. The lowest BCUT2D eigenvalue weighted by molar-refractivity contribution is 0.217. The van der Waals surface area contributed by atoms with Gasteiger partial charge in [0, 0.05) is 29.9 Å². The van der Waals surface area contributed by atoms with Crippen molar-refractivity contribution in [1.82, 2.24) is 9.88 Å². The van der Waals surface area contributed by atoms with Crippen LogP contribution >= 0.6 is 0 Å². The van der Waals surface area contributed by atoms with Gasteiger partial charge in [0.15, 0.2) is 0 Å². The summed E-state index contributed by atoms with van der Waals surface area (Å²) in [4.78, 5) is 7.03. The minimum Gasteiger partial charge on any atom is -0.384 e. The number of hydrogen-bond acceptors (Lipinski definition) is 3. The second-order valence-electron chi connectivity index (χ2n) is 5.98. The second kappa shape index (κ2) is 5.80.